The first-order valence-electron chi connectivity index (χ1n) is 6.84. The van der Waals surface area contributed by atoms with Crippen molar-refractivity contribution >= 4 is 0 Å². The summed E-state index contributed by atoms with van der Waals surface area (Å²) in [5.74, 6) is 1.64. The molecule has 1 fully saturated rings. The summed E-state index contributed by atoms with van der Waals surface area (Å²) in [5, 5.41) is 3.88. The van der Waals surface area contributed by atoms with E-state index in [1.165, 1.54) is 38.5 Å². The maximum Gasteiger partial charge on any atom is 0.00745 e. The summed E-state index contributed by atoms with van der Waals surface area (Å²) in [6.07, 6.45) is 8.38. The van der Waals surface area contributed by atoms with Crippen LogP contribution in [0.2, 0.25) is 0 Å². The summed E-state index contributed by atoms with van der Waals surface area (Å²) in [5.41, 5.74) is 0. The van der Waals surface area contributed by atoms with Gasteiger partial charge in [0.25, 0.3) is 0 Å². The average Bonchev–Trinajstić information content (AvgIpc) is 2.53. The number of rotatable bonds is 6. The van der Waals surface area contributed by atoms with E-state index in [0.717, 1.165) is 23.9 Å². The Hall–Kier alpha value is -0.0400. The van der Waals surface area contributed by atoms with E-state index in [0.29, 0.717) is 0 Å². The molecule has 1 aliphatic carbocycles. The van der Waals surface area contributed by atoms with Crippen LogP contribution in [0.4, 0.5) is 0 Å². The van der Waals surface area contributed by atoms with Crippen molar-refractivity contribution in [1.82, 2.24) is 5.32 Å². The molecule has 0 saturated heterocycles. The Morgan fingerprint density at radius 2 is 1.40 bits per heavy atom. The van der Waals surface area contributed by atoms with E-state index in [1.807, 2.05) is 0 Å². The molecule has 0 bridgehead atoms. The summed E-state index contributed by atoms with van der Waals surface area (Å²) in [6.45, 7) is 9.35. The summed E-state index contributed by atoms with van der Waals surface area (Å²) >= 11 is 0. The van der Waals surface area contributed by atoms with Gasteiger partial charge in [0.1, 0.15) is 0 Å². The maximum atomic E-state index is 3.88. The highest BCUT2D eigenvalue weighted by Gasteiger charge is 2.20. The van der Waals surface area contributed by atoms with Gasteiger partial charge in [-0.1, -0.05) is 40.5 Å². The van der Waals surface area contributed by atoms with Crippen LogP contribution < -0.4 is 5.32 Å². The van der Waals surface area contributed by atoms with Gasteiger partial charge in [0.2, 0.25) is 0 Å². The third kappa shape index (κ3) is 5.55. The van der Waals surface area contributed by atoms with Gasteiger partial charge in [0.15, 0.2) is 0 Å². The lowest BCUT2D eigenvalue weighted by Crippen LogP contribution is -2.38. The van der Waals surface area contributed by atoms with Gasteiger partial charge >= 0.3 is 0 Å². The zero-order chi connectivity index (χ0) is 11.3. The lowest BCUT2D eigenvalue weighted by atomic mass is 9.95. The lowest BCUT2D eigenvalue weighted by molar-refractivity contribution is 0.326. The van der Waals surface area contributed by atoms with E-state index in [-0.39, 0.29) is 0 Å². The standard InChI is InChI=1S/C14H29N/c1-11(2)9-14(10-12(3)4)15-13-7-5-6-8-13/h11-15H,5-10H2,1-4H3. The van der Waals surface area contributed by atoms with E-state index in [4.69, 9.17) is 0 Å². The second-order valence-electron chi connectivity index (χ2n) is 6.10. The Morgan fingerprint density at radius 1 is 0.933 bits per heavy atom. The summed E-state index contributed by atoms with van der Waals surface area (Å²) in [4.78, 5) is 0. The smallest absolute Gasteiger partial charge is 0.00745 e. The molecule has 0 amide bonds. The molecule has 0 aliphatic heterocycles. The molecule has 15 heavy (non-hydrogen) atoms. The van der Waals surface area contributed by atoms with Crippen molar-refractivity contribution in [2.24, 2.45) is 11.8 Å². The van der Waals surface area contributed by atoms with Crippen molar-refractivity contribution in [3.05, 3.63) is 0 Å². The topological polar surface area (TPSA) is 12.0 Å². The largest absolute Gasteiger partial charge is 0.311 e. The number of hydrogen-bond acceptors (Lipinski definition) is 1. The normalized spacial score (nSPS) is 18.6. The van der Waals surface area contributed by atoms with Crippen LogP contribution in [0.3, 0.4) is 0 Å². The van der Waals surface area contributed by atoms with E-state index < -0.39 is 0 Å². The van der Waals surface area contributed by atoms with Crippen molar-refractivity contribution in [2.45, 2.75) is 78.3 Å². The van der Waals surface area contributed by atoms with Crippen molar-refractivity contribution in [2.75, 3.05) is 0 Å². The fraction of sp³-hybridized carbons (Fsp3) is 1.00. The molecule has 1 rings (SSSR count). The molecule has 0 aromatic rings. The van der Waals surface area contributed by atoms with Crippen LogP contribution in [0.15, 0.2) is 0 Å². The minimum absolute atomic E-state index is 0.757. The first-order valence-corrected chi connectivity index (χ1v) is 6.84. The molecule has 0 aromatic heterocycles. The van der Waals surface area contributed by atoms with Crippen LogP contribution in [-0.4, -0.2) is 12.1 Å². The fourth-order valence-electron chi connectivity index (χ4n) is 2.80. The molecule has 1 saturated carbocycles. The van der Waals surface area contributed by atoms with Crippen molar-refractivity contribution < 1.29 is 0 Å². The van der Waals surface area contributed by atoms with E-state index in [2.05, 4.69) is 33.0 Å². The molecular weight excluding hydrogens is 182 g/mol. The minimum Gasteiger partial charge on any atom is -0.311 e. The quantitative estimate of drug-likeness (QED) is 0.701. The lowest BCUT2D eigenvalue weighted by Gasteiger charge is -2.26. The van der Waals surface area contributed by atoms with Gasteiger partial charge in [0.05, 0.1) is 0 Å². The van der Waals surface area contributed by atoms with Crippen molar-refractivity contribution in [3.8, 4) is 0 Å². The molecule has 1 heteroatoms. The highest BCUT2D eigenvalue weighted by molar-refractivity contribution is 4.79. The summed E-state index contributed by atoms with van der Waals surface area (Å²) in [6, 6.07) is 1.58. The minimum atomic E-state index is 0.757. The second-order valence-corrected chi connectivity index (χ2v) is 6.10. The zero-order valence-electron chi connectivity index (χ0n) is 11.1. The van der Waals surface area contributed by atoms with E-state index >= 15 is 0 Å². The summed E-state index contributed by atoms with van der Waals surface area (Å²) < 4.78 is 0. The Bertz CT molecular complexity index is 147. The summed E-state index contributed by atoms with van der Waals surface area (Å²) in [7, 11) is 0. The number of nitrogens with one attached hydrogen (secondary N) is 1. The third-order valence-corrected chi connectivity index (χ3v) is 3.34. The van der Waals surface area contributed by atoms with Gasteiger partial charge in [-0.3, -0.25) is 0 Å². The molecule has 1 nitrogen and oxygen atoms in total. The van der Waals surface area contributed by atoms with Crippen LogP contribution in [0.25, 0.3) is 0 Å². The first-order chi connectivity index (χ1) is 7.08. The molecule has 1 aliphatic rings. The molecule has 0 heterocycles. The monoisotopic (exact) mass is 211 g/mol. The zero-order valence-corrected chi connectivity index (χ0v) is 11.1. The average molecular weight is 211 g/mol. The molecule has 0 spiro atoms. The SMILES string of the molecule is CC(C)CC(CC(C)C)NC1CCCC1. The Balaban J connectivity index is 2.32. The van der Waals surface area contributed by atoms with Gasteiger partial charge in [-0.2, -0.15) is 0 Å². The van der Waals surface area contributed by atoms with Gasteiger partial charge in [-0.05, 0) is 37.5 Å². The van der Waals surface area contributed by atoms with Crippen LogP contribution >= 0.6 is 0 Å². The van der Waals surface area contributed by atoms with E-state index in [9.17, 15) is 0 Å². The van der Waals surface area contributed by atoms with Crippen LogP contribution in [0, 0.1) is 11.8 Å². The van der Waals surface area contributed by atoms with Crippen LogP contribution in [0.5, 0.6) is 0 Å². The Labute approximate surface area is 96.0 Å². The molecule has 90 valence electrons. The molecule has 0 aromatic carbocycles. The van der Waals surface area contributed by atoms with E-state index in [1.54, 1.807) is 0 Å². The van der Waals surface area contributed by atoms with Crippen LogP contribution in [-0.2, 0) is 0 Å². The Morgan fingerprint density at radius 3 is 1.80 bits per heavy atom. The molecule has 0 radical (unpaired) electrons. The number of hydrogen-bond donors (Lipinski definition) is 1. The van der Waals surface area contributed by atoms with Crippen molar-refractivity contribution in [1.29, 1.82) is 0 Å². The second kappa shape index (κ2) is 6.52. The van der Waals surface area contributed by atoms with Crippen LogP contribution in [0.1, 0.15) is 66.2 Å². The van der Waals surface area contributed by atoms with Gasteiger partial charge in [-0.25, -0.2) is 0 Å². The fourth-order valence-corrected chi connectivity index (χ4v) is 2.80. The third-order valence-electron chi connectivity index (χ3n) is 3.34. The highest BCUT2D eigenvalue weighted by atomic mass is 15.0. The molecule has 1 N–H and O–H groups in total. The maximum absolute atomic E-state index is 3.88. The molecule has 0 unspecified atom stereocenters. The predicted octanol–water partition coefficient (Wildman–Crippen LogP) is 3.98. The molecular formula is C14H29N. The predicted molar refractivity (Wildman–Crippen MR) is 68.1 cm³/mol. The van der Waals surface area contributed by atoms with Gasteiger partial charge in [0, 0.05) is 12.1 Å². The highest BCUT2D eigenvalue weighted by Crippen LogP contribution is 2.21. The Kier molecular flexibility index (Phi) is 5.66. The van der Waals surface area contributed by atoms with Crippen molar-refractivity contribution in [3.63, 3.8) is 0 Å². The first kappa shape index (κ1) is 13.0. The van der Waals surface area contributed by atoms with Gasteiger partial charge < -0.3 is 5.32 Å². The van der Waals surface area contributed by atoms with Gasteiger partial charge in [-0.15, -0.1) is 0 Å². The molecule has 0 atom stereocenters.